The zero-order valence-electron chi connectivity index (χ0n) is 12.9. The minimum Gasteiger partial charge on any atom is -0.493 e. The third kappa shape index (κ3) is 3.37. The number of nitrogens with one attached hydrogen (secondary N) is 1. The monoisotopic (exact) mass is 327 g/mol. The number of thiazole rings is 1. The lowest BCUT2D eigenvalue weighted by Crippen LogP contribution is -1.92. The van der Waals surface area contributed by atoms with Gasteiger partial charge in [0.25, 0.3) is 0 Å². The van der Waals surface area contributed by atoms with Crippen LogP contribution in [0.2, 0.25) is 0 Å². The predicted molar refractivity (Wildman–Crippen MR) is 94.8 cm³/mol. The predicted octanol–water partition coefficient (Wildman–Crippen LogP) is 4.15. The van der Waals surface area contributed by atoms with Gasteiger partial charge in [0.05, 0.1) is 19.9 Å². The number of benzene rings is 2. The Balaban J connectivity index is 1.82. The van der Waals surface area contributed by atoms with Crippen molar-refractivity contribution in [3.8, 4) is 22.8 Å². The molecule has 1 aromatic heterocycles. The molecule has 1 heterocycles. The van der Waals surface area contributed by atoms with Crippen molar-refractivity contribution in [3.05, 3.63) is 47.8 Å². The van der Waals surface area contributed by atoms with E-state index in [-0.39, 0.29) is 0 Å². The summed E-state index contributed by atoms with van der Waals surface area (Å²) in [6, 6.07) is 13.3. The van der Waals surface area contributed by atoms with E-state index in [2.05, 4.69) is 10.3 Å². The van der Waals surface area contributed by atoms with E-state index in [1.165, 1.54) is 0 Å². The Morgan fingerprint density at radius 2 is 1.74 bits per heavy atom. The fourth-order valence-corrected chi connectivity index (χ4v) is 2.89. The molecule has 0 spiro atoms. The fraction of sp³-hybridized carbons (Fsp3) is 0.118. The number of rotatable bonds is 5. The summed E-state index contributed by atoms with van der Waals surface area (Å²) in [6.45, 7) is 0. The van der Waals surface area contributed by atoms with Crippen molar-refractivity contribution in [2.24, 2.45) is 0 Å². The van der Waals surface area contributed by atoms with Crippen molar-refractivity contribution in [1.82, 2.24) is 4.98 Å². The Labute approximate surface area is 138 Å². The van der Waals surface area contributed by atoms with Crippen molar-refractivity contribution in [2.45, 2.75) is 0 Å². The fourth-order valence-electron chi connectivity index (χ4n) is 2.15. The molecule has 0 saturated carbocycles. The number of methoxy groups -OCH3 is 2. The van der Waals surface area contributed by atoms with Crippen molar-refractivity contribution in [2.75, 3.05) is 25.3 Å². The molecule has 0 bridgehead atoms. The molecule has 3 N–H and O–H groups in total. The van der Waals surface area contributed by atoms with Gasteiger partial charge >= 0.3 is 0 Å². The van der Waals surface area contributed by atoms with Gasteiger partial charge in [0, 0.05) is 22.3 Å². The molecule has 0 atom stereocenters. The first-order valence-electron chi connectivity index (χ1n) is 7.00. The van der Waals surface area contributed by atoms with Gasteiger partial charge in [0.1, 0.15) is 0 Å². The molecule has 6 heteroatoms. The molecule has 0 fully saturated rings. The first-order valence-corrected chi connectivity index (χ1v) is 7.88. The van der Waals surface area contributed by atoms with Gasteiger partial charge < -0.3 is 20.5 Å². The molecule has 0 aliphatic rings. The van der Waals surface area contributed by atoms with Crippen molar-refractivity contribution in [1.29, 1.82) is 0 Å². The Morgan fingerprint density at radius 1 is 1.00 bits per heavy atom. The average Bonchev–Trinajstić information content (AvgIpc) is 3.05. The SMILES string of the molecule is COc1ccc(-c2csc(Nc3ccc(N)cc3)n2)cc1OC. The van der Waals surface area contributed by atoms with Crippen LogP contribution in [0.4, 0.5) is 16.5 Å². The molecule has 0 saturated heterocycles. The van der Waals surface area contributed by atoms with Crippen molar-refractivity contribution >= 4 is 27.8 Å². The van der Waals surface area contributed by atoms with Gasteiger partial charge in [0.15, 0.2) is 16.6 Å². The van der Waals surface area contributed by atoms with Crippen LogP contribution >= 0.6 is 11.3 Å². The Morgan fingerprint density at radius 3 is 2.43 bits per heavy atom. The summed E-state index contributed by atoms with van der Waals surface area (Å²) < 4.78 is 10.6. The van der Waals surface area contributed by atoms with Crippen molar-refractivity contribution < 1.29 is 9.47 Å². The summed E-state index contributed by atoms with van der Waals surface area (Å²) in [5.41, 5.74) is 9.24. The molecule has 2 aromatic carbocycles. The second kappa shape index (κ2) is 6.58. The second-order valence-electron chi connectivity index (χ2n) is 4.85. The third-order valence-electron chi connectivity index (χ3n) is 3.35. The maximum absolute atomic E-state index is 5.69. The summed E-state index contributed by atoms with van der Waals surface area (Å²) in [6.07, 6.45) is 0. The Kier molecular flexibility index (Phi) is 4.34. The summed E-state index contributed by atoms with van der Waals surface area (Å²) in [4.78, 5) is 4.61. The second-order valence-corrected chi connectivity index (χ2v) is 5.71. The van der Waals surface area contributed by atoms with Crippen LogP contribution in [0, 0.1) is 0 Å². The van der Waals surface area contributed by atoms with Crippen molar-refractivity contribution in [3.63, 3.8) is 0 Å². The molecule has 118 valence electrons. The Hall–Kier alpha value is -2.73. The van der Waals surface area contributed by atoms with Gasteiger partial charge in [0.2, 0.25) is 0 Å². The average molecular weight is 327 g/mol. The number of nitrogens with zero attached hydrogens (tertiary/aromatic N) is 1. The maximum atomic E-state index is 5.69. The van der Waals surface area contributed by atoms with Crippen LogP contribution in [0.3, 0.4) is 0 Å². The highest BCUT2D eigenvalue weighted by Crippen LogP contribution is 2.34. The van der Waals surface area contributed by atoms with Gasteiger partial charge in [-0.05, 0) is 42.5 Å². The van der Waals surface area contributed by atoms with Crippen LogP contribution < -0.4 is 20.5 Å². The number of hydrogen-bond acceptors (Lipinski definition) is 6. The summed E-state index contributed by atoms with van der Waals surface area (Å²) >= 11 is 1.54. The Bertz CT molecular complexity index is 800. The zero-order chi connectivity index (χ0) is 16.2. The standard InChI is InChI=1S/C17H17N3O2S/c1-21-15-8-3-11(9-16(15)22-2)14-10-23-17(20-14)19-13-6-4-12(18)5-7-13/h3-10H,18H2,1-2H3,(H,19,20). The van der Waals surface area contributed by atoms with E-state index < -0.39 is 0 Å². The van der Waals surface area contributed by atoms with E-state index in [0.717, 1.165) is 27.8 Å². The smallest absolute Gasteiger partial charge is 0.187 e. The molecule has 5 nitrogen and oxygen atoms in total. The molecule has 0 radical (unpaired) electrons. The van der Waals surface area contributed by atoms with E-state index in [4.69, 9.17) is 15.2 Å². The van der Waals surface area contributed by atoms with E-state index >= 15 is 0 Å². The van der Waals surface area contributed by atoms with E-state index in [1.54, 1.807) is 25.6 Å². The highest BCUT2D eigenvalue weighted by Gasteiger charge is 2.09. The summed E-state index contributed by atoms with van der Waals surface area (Å²) in [5, 5.41) is 6.09. The largest absolute Gasteiger partial charge is 0.493 e. The molecular formula is C17H17N3O2S. The third-order valence-corrected chi connectivity index (χ3v) is 4.10. The summed E-state index contributed by atoms with van der Waals surface area (Å²) in [5.74, 6) is 1.39. The topological polar surface area (TPSA) is 69.4 Å². The minimum atomic E-state index is 0.686. The molecule has 0 aliphatic heterocycles. The highest BCUT2D eigenvalue weighted by molar-refractivity contribution is 7.14. The first kappa shape index (κ1) is 15.2. The normalized spacial score (nSPS) is 10.3. The van der Waals surface area contributed by atoms with Crippen LogP contribution in [0.15, 0.2) is 47.8 Å². The van der Waals surface area contributed by atoms with Gasteiger partial charge in [-0.1, -0.05) is 0 Å². The number of hydrogen-bond donors (Lipinski definition) is 2. The van der Waals surface area contributed by atoms with E-state index in [0.29, 0.717) is 11.5 Å². The molecule has 0 aliphatic carbocycles. The van der Waals surface area contributed by atoms with Gasteiger partial charge in [-0.25, -0.2) is 4.98 Å². The quantitative estimate of drug-likeness (QED) is 0.689. The number of nitrogen functional groups attached to an aromatic ring is 1. The van der Waals surface area contributed by atoms with Gasteiger partial charge in [-0.15, -0.1) is 11.3 Å². The van der Waals surface area contributed by atoms with Gasteiger partial charge in [-0.2, -0.15) is 0 Å². The summed E-state index contributed by atoms with van der Waals surface area (Å²) in [7, 11) is 3.24. The lowest BCUT2D eigenvalue weighted by Gasteiger charge is -2.08. The molecule has 3 aromatic rings. The van der Waals surface area contributed by atoms with Crippen LogP contribution in [0.5, 0.6) is 11.5 Å². The zero-order valence-corrected chi connectivity index (χ0v) is 13.7. The maximum Gasteiger partial charge on any atom is 0.187 e. The minimum absolute atomic E-state index is 0.686. The van der Waals surface area contributed by atoms with E-state index in [9.17, 15) is 0 Å². The van der Waals surface area contributed by atoms with Crippen LogP contribution in [-0.4, -0.2) is 19.2 Å². The number of ether oxygens (including phenoxy) is 2. The lowest BCUT2D eigenvalue weighted by molar-refractivity contribution is 0.355. The molecular weight excluding hydrogens is 310 g/mol. The van der Waals surface area contributed by atoms with Crippen LogP contribution in [0.1, 0.15) is 0 Å². The molecule has 0 unspecified atom stereocenters. The highest BCUT2D eigenvalue weighted by atomic mass is 32.1. The number of nitrogens with two attached hydrogens (primary N) is 1. The van der Waals surface area contributed by atoms with Crippen LogP contribution in [-0.2, 0) is 0 Å². The number of aromatic nitrogens is 1. The molecule has 0 amide bonds. The molecule has 3 rings (SSSR count). The lowest BCUT2D eigenvalue weighted by atomic mass is 10.1. The van der Waals surface area contributed by atoms with E-state index in [1.807, 2.05) is 47.8 Å². The number of anilines is 3. The molecule has 23 heavy (non-hydrogen) atoms. The first-order chi connectivity index (χ1) is 11.2. The van der Waals surface area contributed by atoms with Gasteiger partial charge in [-0.3, -0.25) is 0 Å². The van der Waals surface area contributed by atoms with Crippen LogP contribution in [0.25, 0.3) is 11.3 Å².